The molecule has 2 aromatic carbocycles. The summed E-state index contributed by atoms with van der Waals surface area (Å²) in [4.78, 5) is 97.1. The van der Waals surface area contributed by atoms with Crippen LogP contribution in [0.15, 0.2) is 82.9 Å². The molecule has 0 unspecified atom stereocenters. The molecule has 21 nitrogen and oxygen atoms in total. The highest BCUT2D eigenvalue weighted by Crippen LogP contribution is 2.50. The third-order valence-electron chi connectivity index (χ3n) is 17.2. The van der Waals surface area contributed by atoms with Gasteiger partial charge in [0, 0.05) is 86.2 Å². The highest BCUT2D eigenvalue weighted by Gasteiger charge is 2.41. The van der Waals surface area contributed by atoms with E-state index in [9.17, 15) is 34.1 Å². The molecule has 2 aliphatic heterocycles. The molecule has 2 amide bonds. The molecule has 4 saturated carbocycles. The highest BCUT2D eigenvalue weighted by atomic mass is 19.1. The predicted octanol–water partition coefficient (Wildman–Crippen LogP) is 9.95. The lowest BCUT2D eigenvalue weighted by atomic mass is 10.1. The molecule has 6 fully saturated rings. The van der Waals surface area contributed by atoms with E-state index in [1.165, 1.54) is 63.7 Å². The van der Waals surface area contributed by atoms with Crippen LogP contribution >= 0.6 is 0 Å². The Kier molecular flexibility index (Phi) is 15.4. The maximum Gasteiger partial charge on any atom is 0.410 e. The van der Waals surface area contributed by atoms with Crippen molar-refractivity contribution in [3.05, 3.63) is 152 Å². The van der Waals surface area contributed by atoms with Gasteiger partial charge in [-0.05, 0) is 128 Å². The third kappa shape index (κ3) is 11.6. The second kappa shape index (κ2) is 23.4. The SMILES string of the molecule is C=CC(=O)N1CCN(c2nc(=O)n(-c3c(C4CC4)nc(C#N)nc3C3CC3)c3nc(-c4ccccc4F)c(F)cc23)[C@@H](C)C1.C[C@H]1CN(C(=O)OC(C)(C)C)CCN1c1nc(=O)n(-c2c(C3CC3)nc(C#N)nc2C2CC2)c2nc(-c3ccccc3F)c(F)cc12. The maximum absolute atomic E-state index is 16.0. The van der Waals surface area contributed by atoms with Crippen molar-refractivity contribution < 1.29 is 31.9 Å². The van der Waals surface area contributed by atoms with Gasteiger partial charge in [-0.3, -0.25) is 4.79 Å². The van der Waals surface area contributed by atoms with Crippen LogP contribution in [0.3, 0.4) is 0 Å². The van der Waals surface area contributed by atoms with Gasteiger partial charge in [0.15, 0.2) is 11.3 Å². The Labute approximate surface area is 519 Å². The molecule has 6 aliphatic rings. The van der Waals surface area contributed by atoms with Crippen LogP contribution in [-0.2, 0) is 9.53 Å². The third-order valence-corrected chi connectivity index (χ3v) is 17.2. The Morgan fingerprint density at radius 1 is 0.560 bits per heavy atom. The Balaban J connectivity index is 0.000000167. The molecule has 6 aromatic heterocycles. The zero-order valence-electron chi connectivity index (χ0n) is 50.6. The van der Waals surface area contributed by atoms with Crippen LogP contribution in [0.2, 0.25) is 0 Å². The fourth-order valence-corrected chi connectivity index (χ4v) is 12.2. The van der Waals surface area contributed by atoms with E-state index in [1.54, 1.807) is 42.7 Å². The number of carbonyl (C=O) groups is 2. The van der Waals surface area contributed by atoms with Gasteiger partial charge in [-0.1, -0.05) is 30.8 Å². The number of hydrogen-bond donors (Lipinski definition) is 0. The number of benzene rings is 2. The molecular weight excluding hydrogens is 1170 g/mol. The van der Waals surface area contributed by atoms with E-state index < -0.39 is 46.3 Å². The van der Waals surface area contributed by atoms with E-state index >= 15 is 13.2 Å². The zero-order valence-corrected chi connectivity index (χ0v) is 50.6. The van der Waals surface area contributed by atoms with Crippen molar-refractivity contribution in [3.8, 4) is 46.0 Å². The van der Waals surface area contributed by atoms with Crippen molar-refractivity contribution in [1.29, 1.82) is 10.5 Å². The number of piperazine rings is 2. The largest absolute Gasteiger partial charge is 0.444 e. The summed E-state index contributed by atoms with van der Waals surface area (Å²) in [7, 11) is 0. The number of halogens is 4. The molecule has 0 N–H and O–H groups in total. The van der Waals surface area contributed by atoms with Gasteiger partial charge < -0.3 is 24.3 Å². The number of amides is 2. The number of anilines is 2. The molecular formula is C66H62F4N16O5. The molecule has 25 heteroatoms. The number of ether oxygens (including phenoxy) is 1. The van der Waals surface area contributed by atoms with Crippen LogP contribution in [0.5, 0.6) is 0 Å². The summed E-state index contributed by atoms with van der Waals surface area (Å²) in [6.45, 7) is 14.7. The summed E-state index contributed by atoms with van der Waals surface area (Å²) in [6, 6.07) is 17.5. The Morgan fingerprint density at radius 2 is 0.934 bits per heavy atom. The lowest BCUT2D eigenvalue weighted by Crippen LogP contribution is -2.55. The van der Waals surface area contributed by atoms with Crippen molar-refractivity contribution in [2.75, 3.05) is 49.1 Å². The zero-order chi connectivity index (χ0) is 63.9. The van der Waals surface area contributed by atoms with E-state index in [1.807, 2.05) is 29.7 Å². The molecule has 4 aliphatic carbocycles. The first-order chi connectivity index (χ1) is 43.7. The molecule has 0 radical (unpaired) electrons. The molecule has 0 spiro atoms. The van der Waals surface area contributed by atoms with Crippen LogP contribution in [0.1, 0.15) is 144 Å². The first-order valence-corrected chi connectivity index (χ1v) is 30.6. The monoisotopic (exact) mass is 1230 g/mol. The van der Waals surface area contributed by atoms with Crippen LogP contribution in [0.25, 0.3) is 56.0 Å². The fourth-order valence-electron chi connectivity index (χ4n) is 12.2. The molecule has 8 heterocycles. The minimum atomic E-state index is -0.781. The van der Waals surface area contributed by atoms with E-state index in [0.29, 0.717) is 60.3 Å². The Hall–Kier alpha value is -10.0. The maximum atomic E-state index is 16.0. The van der Waals surface area contributed by atoms with E-state index in [4.69, 9.17) is 4.74 Å². The number of carbonyl (C=O) groups excluding carboxylic acids is 2. The highest BCUT2D eigenvalue weighted by molar-refractivity contribution is 5.93. The second-order valence-electron chi connectivity index (χ2n) is 25.1. The molecule has 8 aromatic rings. The van der Waals surface area contributed by atoms with Gasteiger partial charge in [-0.2, -0.15) is 20.5 Å². The second-order valence-corrected chi connectivity index (χ2v) is 25.1. The minimum Gasteiger partial charge on any atom is -0.444 e. The quantitative estimate of drug-likeness (QED) is 0.0862. The number of aromatic nitrogens is 10. The average molecular weight is 1240 g/mol. The number of pyridine rings is 2. The molecule has 2 atom stereocenters. The Morgan fingerprint density at radius 3 is 1.27 bits per heavy atom. The van der Waals surface area contributed by atoms with Crippen molar-refractivity contribution in [3.63, 3.8) is 0 Å². The number of nitrogens with zero attached hydrogens (tertiary/aromatic N) is 16. The van der Waals surface area contributed by atoms with Gasteiger partial charge in [-0.15, -0.1) is 0 Å². The van der Waals surface area contributed by atoms with Crippen molar-refractivity contribution >= 4 is 45.7 Å². The summed E-state index contributed by atoms with van der Waals surface area (Å²) in [5, 5.41) is 19.9. The number of rotatable bonds is 11. The summed E-state index contributed by atoms with van der Waals surface area (Å²) < 4.78 is 70.2. The first kappa shape index (κ1) is 59.9. The van der Waals surface area contributed by atoms with E-state index in [0.717, 1.165) is 51.4 Å². The average Bonchev–Trinajstić information content (AvgIpc) is 1.71. The van der Waals surface area contributed by atoms with Crippen LogP contribution < -0.4 is 21.2 Å². The lowest BCUT2D eigenvalue weighted by molar-refractivity contribution is -0.126. The Bertz CT molecular complexity index is 4490. The smallest absolute Gasteiger partial charge is 0.410 e. The molecule has 14 rings (SSSR count). The van der Waals surface area contributed by atoms with Gasteiger partial charge in [-0.25, -0.2) is 71.0 Å². The molecule has 464 valence electrons. The van der Waals surface area contributed by atoms with Gasteiger partial charge in [0.25, 0.3) is 0 Å². The normalized spacial score (nSPS) is 18.4. The van der Waals surface area contributed by atoms with Gasteiger partial charge in [0.2, 0.25) is 17.6 Å². The summed E-state index contributed by atoms with van der Waals surface area (Å²) in [6.07, 6.45) is 7.50. The summed E-state index contributed by atoms with van der Waals surface area (Å²) >= 11 is 0. The van der Waals surface area contributed by atoms with Crippen molar-refractivity contribution in [2.45, 2.75) is 127 Å². The van der Waals surface area contributed by atoms with E-state index in [2.05, 4.69) is 52.5 Å². The summed E-state index contributed by atoms with van der Waals surface area (Å²) in [5.41, 5.74) is 0.692. The van der Waals surface area contributed by atoms with Crippen LogP contribution in [0.4, 0.5) is 34.0 Å². The topological polar surface area (TPSA) is 251 Å². The van der Waals surface area contributed by atoms with Gasteiger partial charge in [0.05, 0.1) is 44.9 Å². The van der Waals surface area contributed by atoms with Gasteiger partial charge >= 0.3 is 17.5 Å². The van der Waals surface area contributed by atoms with Crippen LogP contribution in [0, 0.1) is 45.9 Å². The van der Waals surface area contributed by atoms with Crippen molar-refractivity contribution in [2.24, 2.45) is 0 Å². The van der Waals surface area contributed by atoms with E-state index in [-0.39, 0.29) is 123 Å². The molecule has 0 bridgehead atoms. The lowest BCUT2D eigenvalue weighted by Gasteiger charge is -2.41. The molecule has 2 saturated heterocycles. The van der Waals surface area contributed by atoms with Crippen LogP contribution in [-0.4, -0.2) is 128 Å². The summed E-state index contributed by atoms with van der Waals surface area (Å²) in [5.74, 6) is -2.48. The van der Waals surface area contributed by atoms with Gasteiger partial charge in [0.1, 0.15) is 64.0 Å². The standard InChI is InChI=1S/C34H34F2N8O3.C32H28F2N8O2/c1-18-17-42(33(46)47-34(2,3)4)13-14-43(18)30-22-15-24(36)28(21-7-5-6-8-23(21)35)40-31(22)44(32(45)41-30)29-26(19-9-10-19)38-25(16-37)39-27(29)20-11-12-20;1-3-25(43)40-12-13-41(17(2)16-40)30-21-14-23(34)28(20-6-4-5-7-22(20)33)38-31(21)42(32(44)39-30)29-26(18-8-9-18)36-24(15-35)37-27(29)19-10-11-19/h5-8,15,18-20H,9-14,17H2,1-4H3;3-7,14,17-19H,1,8-13,16H2,2H3/t18-;17-/m00/s1. The molecule has 91 heavy (non-hydrogen) atoms. The van der Waals surface area contributed by atoms with Crippen molar-refractivity contribution in [1.82, 2.24) is 58.8 Å². The fraction of sp³-hybridized carbons (Fsp3) is 0.394. The first-order valence-electron chi connectivity index (χ1n) is 30.6. The number of fused-ring (bicyclic) bond motifs is 2. The number of hydrogen-bond acceptors (Lipinski definition) is 17. The number of nitriles is 2. The minimum absolute atomic E-state index is 0.0201. The predicted molar refractivity (Wildman–Crippen MR) is 328 cm³/mol.